The highest BCUT2D eigenvalue weighted by Gasteiger charge is 2.40. The lowest BCUT2D eigenvalue weighted by Crippen LogP contribution is -2.50. The minimum Gasteiger partial charge on any atom is -0.507 e. The van der Waals surface area contributed by atoms with Crippen LogP contribution in [-0.2, 0) is 17.8 Å². The van der Waals surface area contributed by atoms with Crippen LogP contribution in [0.15, 0.2) is 4.63 Å². The first kappa shape index (κ1) is 17.3. The Bertz CT molecular complexity index is 843. The molecule has 0 radical (unpaired) electrons. The maximum Gasteiger partial charge on any atom is 0.264 e. The number of phenolic OH excluding ortho intramolecular Hbond substituents is 1. The van der Waals surface area contributed by atoms with E-state index in [0.717, 1.165) is 22.3 Å². The SMILES string of the molecule is Cc1nonc1CNC(=O)C1(C)CCc2c(C)c(O)c(C)c(C)c2O1. The van der Waals surface area contributed by atoms with Crippen LogP contribution in [0, 0.1) is 27.7 Å². The van der Waals surface area contributed by atoms with E-state index in [1.165, 1.54) is 0 Å². The lowest BCUT2D eigenvalue weighted by molar-refractivity contribution is -0.137. The van der Waals surface area contributed by atoms with Gasteiger partial charge in [0, 0.05) is 12.0 Å². The molecule has 7 nitrogen and oxygen atoms in total. The Morgan fingerprint density at radius 3 is 2.56 bits per heavy atom. The fraction of sp³-hybridized carbons (Fsp3) is 0.500. The number of benzene rings is 1. The Labute approximate surface area is 146 Å². The van der Waals surface area contributed by atoms with Gasteiger partial charge in [-0.2, -0.15) is 0 Å². The standard InChI is InChI=1S/C18H23N3O4/c1-9-10(2)16-13(11(3)15(9)22)6-7-18(5,24-16)17(23)19-8-14-12(4)20-25-21-14/h22H,6-8H2,1-5H3,(H,19,23). The van der Waals surface area contributed by atoms with Gasteiger partial charge in [0.05, 0.1) is 6.54 Å². The molecular formula is C18H23N3O4. The number of hydrogen-bond donors (Lipinski definition) is 2. The summed E-state index contributed by atoms with van der Waals surface area (Å²) in [5, 5.41) is 20.6. The number of aromatic nitrogens is 2. The predicted molar refractivity (Wildman–Crippen MR) is 90.6 cm³/mol. The Morgan fingerprint density at radius 1 is 1.20 bits per heavy atom. The molecule has 1 unspecified atom stereocenters. The number of hydrogen-bond acceptors (Lipinski definition) is 6. The summed E-state index contributed by atoms with van der Waals surface area (Å²) in [5.41, 5.74) is 3.73. The van der Waals surface area contributed by atoms with Crippen molar-refractivity contribution in [3.05, 3.63) is 33.6 Å². The molecule has 134 valence electrons. The van der Waals surface area contributed by atoms with Gasteiger partial charge in [0.2, 0.25) is 0 Å². The summed E-state index contributed by atoms with van der Waals surface area (Å²) in [7, 11) is 0. The van der Waals surface area contributed by atoms with Gasteiger partial charge in [-0.05, 0) is 57.7 Å². The fourth-order valence-electron chi connectivity index (χ4n) is 3.17. The largest absolute Gasteiger partial charge is 0.507 e. The van der Waals surface area contributed by atoms with Crippen LogP contribution >= 0.6 is 0 Å². The van der Waals surface area contributed by atoms with E-state index in [-0.39, 0.29) is 12.5 Å². The first-order valence-corrected chi connectivity index (χ1v) is 8.31. The van der Waals surface area contributed by atoms with Crippen molar-refractivity contribution in [2.24, 2.45) is 0 Å². The van der Waals surface area contributed by atoms with E-state index in [0.29, 0.717) is 35.7 Å². The fourth-order valence-corrected chi connectivity index (χ4v) is 3.17. The minimum atomic E-state index is -0.974. The number of aromatic hydroxyl groups is 1. The van der Waals surface area contributed by atoms with Crippen LogP contribution in [0.25, 0.3) is 0 Å². The molecule has 2 N–H and O–H groups in total. The second-order valence-corrected chi connectivity index (χ2v) is 6.84. The number of phenols is 1. The number of ether oxygens (including phenoxy) is 1. The highest BCUT2D eigenvalue weighted by atomic mass is 16.6. The van der Waals surface area contributed by atoms with E-state index in [1.807, 2.05) is 20.8 Å². The lowest BCUT2D eigenvalue weighted by Gasteiger charge is -2.36. The summed E-state index contributed by atoms with van der Waals surface area (Å²) in [6.07, 6.45) is 1.20. The van der Waals surface area contributed by atoms with E-state index < -0.39 is 5.60 Å². The van der Waals surface area contributed by atoms with Gasteiger partial charge in [0.25, 0.3) is 5.91 Å². The van der Waals surface area contributed by atoms with Crippen molar-refractivity contribution in [2.75, 3.05) is 0 Å². The molecule has 0 fully saturated rings. The van der Waals surface area contributed by atoms with Crippen molar-refractivity contribution in [2.45, 2.75) is 59.6 Å². The van der Waals surface area contributed by atoms with Crippen molar-refractivity contribution < 1.29 is 19.3 Å². The average Bonchev–Trinajstić information content (AvgIpc) is 3.00. The van der Waals surface area contributed by atoms with Crippen LogP contribution in [0.2, 0.25) is 0 Å². The van der Waals surface area contributed by atoms with E-state index in [1.54, 1.807) is 13.8 Å². The molecule has 3 rings (SSSR count). The summed E-state index contributed by atoms with van der Waals surface area (Å²) in [4.78, 5) is 12.7. The number of nitrogens with zero attached hydrogens (tertiary/aromatic N) is 2. The smallest absolute Gasteiger partial charge is 0.264 e. The van der Waals surface area contributed by atoms with Crippen molar-refractivity contribution in [1.29, 1.82) is 0 Å². The van der Waals surface area contributed by atoms with Crippen molar-refractivity contribution in [3.63, 3.8) is 0 Å². The molecule has 2 heterocycles. The second-order valence-electron chi connectivity index (χ2n) is 6.84. The summed E-state index contributed by atoms with van der Waals surface area (Å²) in [5.74, 6) is 0.807. The maximum atomic E-state index is 12.7. The molecule has 25 heavy (non-hydrogen) atoms. The summed E-state index contributed by atoms with van der Waals surface area (Å²) >= 11 is 0. The van der Waals surface area contributed by atoms with Gasteiger partial charge < -0.3 is 15.2 Å². The molecule has 0 saturated carbocycles. The van der Waals surface area contributed by atoms with Gasteiger partial charge in [-0.25, -0.2) is 4.63 Å². The molecule has 0 spiro atoms. The van der Waals surface area contributed by atoms with Crippen LogP contribution < -0.4 is 10.1 Å². The zero-order valence-corrected chi connectivity index (χ0v) is 15.2. The van der Waals surface area contributed by atoms with Crippen molar-refractivity contribution in [1.82, 2.24) is 15.6 Å². The normalized spacial score (nSPS) is 19.2. The number of rotatable bonds is 3. The molecule has 1 amide bonds. The molecule has 7 heteroatoms. The second kappa shape index (κ2) is 6.06. The third-order valence-electron chi connectivity index (χ3n) is 5.16. The van der Waals surface area contributed by atoms with Crippen LogP contribution in [-0.4, -0.2) is 26.9 Å². The third-order valence-corrected chi connectivity index (χ3v) is 5.16. The van der Waals surface area contributed by atoms with Gasteiger partial charge in [0.15, 0.2) is 5.60 Å². The Balaban J connectivity index is 1.83. The Hall–Kier alpha value is -2.57. The van der Waals surface area contributed by atoms with Gasteiger partial charge in [-0.1, -0.05) is 10.3 Å². The van der Waals surface area contributed by atoms with Crippen LogP contribution in [0.3, 0.4) is 0 Å². The first-order chi connectivity index (χ1) is 11.7. The number of nitrogens with one attached hydrogen (secondary N) is 1. The highest BCUT2D eigenvalue weighted by molar-refractivity contribution is 5.85. The van der Waals surface area contributed by atoms with Crippen LogP contribution in [0.5, 0.6) is 11.5 Å². The molecule has 1 aliphatic heterocycles. The first-order valence-electron chi connectivity index (χ1n) is 8.31. The summed E-state index contributed by atoms with van der Waals surface area (Å²) in [6, 6.07) is 0. The molecule has 0 saturated heterocycles. The predicted octanol–water partition coefficient (Wildman–Crippen LogP) is 2.41. The van der Waals surface area contributed by atoms with Crippen molar-refractivity contribution in [3.8, 4) is 11.5 Å². The number of carbonyl (C=O) groups excluding carboxylic acids is 1. The number of aryl methyl sites for hydroxylation is 1. The topological polar surface area (TPSA) is 97.5 Å². The number of carbonyl (C=O) groups is 1. The lowest BCUT2D eigenvalue weighted by atomic mass is 9.86. The molecule has 1 aliphatic rings. The third kappa shape index (κ3) is 2.83. The summed E-state index contributed by atoms with van der Waals surface area (Å²) in [6.45, 7) is 9.44. The Morgan fingerprint density at radius 2 is 1.92 bits per heavy atom. The van der Waals surface area contributed by atoms with E-state index >= 15 is 0 Å². The molecule has 0 bridgehead atoms. The molecular weight excluding hydrogens is 322 g/mol. The molecule has 1 aromatic heterocycles. The zero-order chi connectivity index (χ0) is 18.4. The van der Waals surface area contributed by atoms with Gasteiger partial charge >= 0.3 is 0 Å². The average molecular weight is 345 g/mol. The molecule has 0 aliphatic carbocycles. The van der Waals surface area contributed by atoms with E-state index in [2.05, 4.69) is 20.3 Å². The quantitative estimate of drug-likeness (QED) is 0.886. The minimum absolute atomic E-state index is 0.205. The number of fused-ring (bicyclic) bond motifs is 1. The van der Waals surface area contributed by atoms with Crippen molar-refractivity contribution >= 4 is 5.91 Å². The highest BCUT2D eigenvalue weighted by Crippen LogP contribution is 2.43. The van der Waals surface area contributed by atoms with Crippen LogP contribution in [0.1, 0.15) is 47.0 Å². The van der Waals surface area contributed by atoms with Crippen LogP contribution in [0.4, 0.5) is 0 Å². The maximum absolute atomic E-state index is 12.7. The number of amides is 1. The zero-order valence-electron chi connectivity index (χ0n) is 15.2. The van der Waals surface area contributed by atoms with Gasteiger partial charge in [0.1, 0.15) is 22.9 Å². The van der Waals surface area contributed by atoms with E-state index in [4.69, 9.17) is 4.74 Å². The summed E-state index contributed by atoms with van der Waals surface area (Å²) < 4.78 is 10.8. The molecule has 2 aromatic rings. The monoisotopic (exact) mass is 345 g/mol. The van der Waals surface area contributed by atoms with E-state index in [9.17, 15) is 9.90 Å². The van der Waals surface area contributed by atoms with Gasteiger partial charge in [-0.3, -0.25) is 4.79 Å². The van der Waals surface area contributed by atoms with Gasteiger partial charge in [-0.15, -0.1) is 0 Å². The Kier molecular flexibility index (Phi) is 4.18. The molecule has 1 aromatic carbocycles. The molecule has 1 atom stereocenters.